The van der Waals surface area contributed by atoms with E-state index in [-0.39, 0.29) is 12.4 Å². The normalized spacial score (nSPS) is 15.0. The molecule has 0 bridgehead atoms. The molecule has 2 nitrogen and oxygen atoms in total. The van der Waals surface area contributed by atoms with Crippen LogP contribution in [0.25, 0.3) is 0 Å². The SMILES string of the molecule is C\C=C(/C=C(C)\C(Cl)=C(/C)CC)CC(=O)OC(C)(C)C. The molecule has 0 unspecified atom stereocenters. The minimum Gasteiger partial charge on any atom is -0.460 e. The summed E-state index contributed by atoms with van der Waals surface area (Å²) in [6.45, 7) is 13.6. The Morgan fingerprint density at radius 2 is 1.80 bits per heavy atom. The lowest BCUT2D eigenvalue weighted by atomic mass is 10.1. The van der Waals surface area contributed by atoms with Crippen LogP contribution in [0.1, 0.15) is 61.3 Å². The molecule has 0 heterocycles. The molecule has 0 atom stereocenters. The molecule has 0 amide bonds. The molecular formula is C17H27ClO2. The summed E-state index contributed by atoms with van der Waals surface area (Å²) >= 11 is 6.29. The van der Waals surface area contributed by atoms with Crippen molar-refractivity contribution >= 4 is 17.6 Å². The van der Waals surface area contributed by atoms with Crippen LogP contribution in [0.3, 0.4) is 0 Å². The molecule has 0 aliphatic carbocycles. The van der Waals surface area contributed by atoms with Crippen molar-refractivity contribution < 1.29 is 9.53 Å². The van der Waals surface area contributed by atoms with Crippen LogP contribution < -0.4 is 0 Å². The number of rotatable bonds is 5. The van der Waals surface area contributed by atoms with Gasteiger partial charge >= 0.3 is 5.97 Å². The molecule has 0 rings (SSSR count). The number of allylic oxidation sites excluding steroid dienone is 5. The first-order chi connectivity index (χ1) is 9.10. The summed E-state index contributed by atoms with van der Waals surface area (Å²) in [7, 11) is 0. The van der Waals surface area contributed by atoms with Crippen LogP contribution in [0.2, 0.25) is 0 Å². The van der Waals surface area contributed by atoms with E-state index < -0.39 is 5.60 Å². The van der Waals surface area contributed by atoms with Crippen LogP contribution in [0, 0.1) is 0 Å². The molecule has 0 spiro atoms. The van der Waals surface area contributed by atoms with E-state index in [4.69, 9.17) is 16.3 Å². The molecule has 0 N–H and O–H groups in total. The molecule has 20 heavy (non-hydrogen) atoms. The Kier molecular flexibility index (Phi) is 7.88. The van der Waals surface area contributed by atoms with Gasteiger partial charge in [-0.2, -0.15) is 0 Å². The van der Waals surface area contributed by atoms with Gasteiger partial charge in [0.1, 0.15) is 5.60 Å². The first kappa shape index (κ1) is 19.0. The van der Waals surface area contributed by atoms with E-state index in [1.54, 1.807) is 0 Å². The van der Waals surface area contributed by atoms with Crippen molar-refractivity contribution in [3.63, 3.8) is 0 Å². The highest BCUT2D eigenvalue weighted by Crippen LogP contribution is 2.23. The largest absolute Gasteiger partial charge is 0.460 e. The lowest BCUT2D eigenvalue weighted by Crippen LogP contribution is -2.23. The molecule has 0 aliphatic heterocycles. The lowest BCUT2D eigenvalue weighted by Gasteiger charge is -2.19. The monoisotopic (exact) mass is 298 g/mol. The Morgan fingerprint density at radius 1 is 1.25 bits per heavy atom. The maximum absolute atomic E-state index is 11.8. The summed E-state index contributed by atoms with van der Waals surface area (Å²) in [6.07, 6.45) is 5.05. The zero-order valence-electron chi connectivity index (χ0n) is 13.8. The number of ether oxygens (including phenoxy) is 1. The Balaban J connectivity index is 4.94. The highest BCUT2D eigenvalue weighted by molar-refractivity contribution is 6.32. The Labute approximate surface area is 128 Å². The summed E-state index contributed by atoms with van der Waals surface area (Å²) in [4.78, 5) is 11.8. The van der Waals surface area contributed by atoms with Crippen LogP contribution in [0.15, 0.2) is 33.9 Å². The highest BCUT2D eigenvalue weighted by Gasteiger charge is 2.16. The van der Waals surface area contributed by atoms with E-state index in [1.165, 1.54) is 0 Å². The number of carbonyl (C=O) groups excluding carboxylic acids is 1. The second-order valence-electron chi connectivity index (χ2n) is 5.90. The molecule has 0 aliphatic rings. The van der Waals surface area contributed by atoms with Crippen molar-refractivity contribution in [3.05, 3.63) is 33.9 Å². The van der Waals surface area contributed by atoms with Crippen LogP contribution in [-0.4, -0.2) is 11.6 Å². The Hall–Kier alpha value is -1.02. The minimum atomic E-state index is -0.453. The third-order valence-corrected chi connectivity index (χ3v) is 3.41. The predicted molar refractivity (Wildman–Crippen MR) is 86.8 cm³/mol. The lowest BCUT2D eigenvalue weighted by molar-refractivity contribution is -0.153. The second-order valence-corrected chi connectivity index (χ2v) is 6.28. The first-order valence-corrected chi connectivity index (χ1v) is 7.39. The van der Waals surface area contributed by atoms with Gasteiger partial charge in [-0.3, -0.25) is 4.79 Å². The third-order valence-electron chi connectivity index (χ3n) is 2.79. The van der Waals surface area contributed by atoms with Gasteiger partial charge in [-0.15, -0.1) is 0 Å². The summed E-state index contributed by atoms with van der Waals surface area (Å²) < 4.78 is 5.33. The fourth-order valence-electron chi connectivity index (χ4n) is 1.61. The standard InChI is InChI=1S/C17H27ClO2/c1-8-12(3)16(18)13(4)10-14(9-2)11-15(19)20-17(5,6)7/h9-10H,8,11H2,1-7H3/b13-10-,14-9+,16-12-. The minimum absolute atomic E-state index is 0.220. The van der Waals surface area contributed by atoms with Crippen molar-refractivity contribution in [1.29, 1.82) is 0 Å². The molecule has 0 fully saturated rings. The van der Waals surface area contributed by atoms with Gasteiger partial charge in [0.05, 0.1) is 6.42 Å². The van der Waals surface area contributed by atoms with Crippen molar-refractivity contribution in [1.82, 2.24) is 0 Å². The maximum atomic E-state index is 11.8. The van der Waals surface area contributed by atoms with E-state index in [0.717, 1.165) is 28.2 Å². The average molecular weight is 299 g/mol. The van der Waals surface area contributed by atoms with Crippen molar-refractivity contribution in [3.8, 4) is 0 Å². The first-order valence-electron chi connectivity index (χ1n) is 7.01. The summed E-state index contributed by atoms with van der Waals surface area (Å²) in [5.41, 5.74) is 2.58. The zero-order valence-corrected chi connectivity index (χ0v) is 14.5. The van der Waals surface area contributed by atoms with Crippen molar-refractivity contribution in [2.75, 3.05) is 0 Å². The van der Waals surface area contributed by atoms with Crippen LogP contribution in [-0.2, 0) is 9.53 Å². The Bertz CT molecular complexity index is 434. The average Bonchev–Trinajstić information content (AvgIpc) is 2.33. The topological polar surface area (TPSA) is 26.3 Å². The van der Waals surface area contributed by atoms with E-state index in [1.807, 2.05) is 53.7 Å². The number of carbonyl (C=O) groups is 1. The van der Waals surface area contributed by atoms with E-state index in [2.05, 4.69) is 6.92 Å². The van der Waals surface area contributed by atoms with Crippen LogP contribution in [0.5, 0.6) is 0 Å². The molecule has 3 heteroatoms. The third kappa shape index (κ3) is 7.54. The molecule has 0 aromatic heterocycles. The smallest absolute Gasteiger partial charge is 0.310 e. The quantitative estimate of drug-likeness (QED) is 0.492. The van der Waals surface area contributed by atoms with Gasteiger partial charge in [0.2, 0.25) is 0 Å². The summed E-state index contributed by atoms with van der Waals surface area (Å²) in [6, 6.07) is 0. The van der Waals surface area contributed by atoms with Crippen LogP contribution in [0.4, 0.5) is 0 Å². The van der Waals surface area contributed by atoms with Gasteiger partial charge in [-0.05, 0) is 59.1 Å². The zero-order chi connectivity index (χ0) is 15.9. The van der Waals surface area contributed by atoms with E-state index in [0.29, 0.717) is 0 Å². The van der Waals surface area contributed by atoms with E-state index in [9.17, 15) is 4.79 Å². The maximum Gasteiger partial charge on any atom is 0.310 e. The van der Waals surface area contributed by atoms with Gasteiger partial charge in [-0.1, -0.05) is 36.2 Å². The molecule has 114 valence electrons. The van der Waals surface area contributed by atoms with Gasteiger partial charge in [0, 0.05) is 5.03 Å². The Morgan fingerprint density at radius 3 is 2.20 bits per heavy atom. The number of esters is 1. The van der Waals surface area contributed by atoms with Crippen LogP contribution >= 0.6 is 11.6 Å². The van der Waals surface area contributed by atoms with Crippen molar-refractivity contribution in [2.24, 2.45) is 0 Å². The molecule has 0 aromatic carbocycles. The number of hydrogen-bond acceptors (Lipinski definition) is 2. The van der Waals surface area contributed by atoms with Crippen molar-refractivity contribution in [2.45, 2.75) is 66.9 Å². The molecule has 0 aromatic rings. The predicted octanol–water partition coefficient (Wildman–Crippen LogP) is 5.53. The summed E-state index contributed by atoms with van der Waals surface area (Å²) in [5, 5.41) is 0.774. The number of hydrogen-bond donors (Lipinski definition) is 0. The molecule has 0 saturated carbocycles. The van der Waals surface area contributed by atoms with E-state index >= 15 is 0 Å². The number of halogens is 1. The summed E-state index contributed by atoms with van der Waals surface area (Å²) in [5.74, 6) is -0.220. The van der Waals surface area contributed by atoms with Gasteiger partial charge in [0.25, 0.3) is 0 Å². The molecule has 0 radical (unpaired) electrons. The van der Waals surface area contributed by atoms with Gasteiger partial charge < -0.3 is 4.74 Å². The fourth-order valence-corrected chi connectivity index (χ4v) is 1.80. The second kappa shape index (κ2) is 8.31. The highest BCUT2D eigenvalue weighted by atomic mass is 35.5. The van der Waals surface area contributed by atoms with Gasteiger partial charge in [0.15, 0.2) is 0 Å². The fraction of sp³-hybridized carbons (Fsp3) is 0.588. The van der Waals surface area contributed by atoms with Gasteiger partial charge in [-0.25, -0.2) is 0 Å². The molecule has 0 saturated heterocycles. The molecular weight excluding hydrogens is 272 g/mol.